The molecule has 3 rings (SSSR count). The van der Waals surface area contributed by atoms with E-state index in [1.807, 2.05) is 55.6 Å². The predicted molar refractivity (Wildman–Crippen MR) is 103 cm³/mol. The molecule has 0 spiro atoms. The largest absolute Gasteiger partial charge is 0.484 e. The van der Waals surface area contributed by atoms with E-state index in [9.17, 15) is 9.59 Å². The van der Waals surface area contributed by atoms with Gasteiger partial charge in [0.15, 0.2) is 6.61 Å². The first kappa shape index (κ1) is 18.5. The molecule has 1 amide bonds. The lowest BCUT2D eigenvalue weighted by Gasteiger charge is -2.17. The minimum atomic E-state index is -0.790. The van der Waals surface area contributed by atoms with Crippen molar-refractivity contribution >= 4 is 22.8 Å². The zero-order valence-electron chi connectivity index (χ0n) is 15.3. The van der Waals surface area contributed by atoms with Crippen molar-refractivity contribution < 1.29 is 19.1 Å². The minimum absolute atomic E-state index is 0.174. The number of carbonyl (C=O) groups excluding carboxylic acids is 2. The van der Waals surface area contributed by atoms with Crippen LogP contribution in [0.15, 0.2) is 54.7 Å². The number of aromatic amines is 1. The summed E-state index contributed by atoms with van der Waals surface area (Å²) in [5, 5.41) is 3.72. The molecule has 27 heavy (non-hydrogen) atoms. The van der Waals surface area contributed by atoms with Crippen molar-refractivity contribution in [2.24, 2.45) is 0 Å². The van der Waals surface area contributed by atoms with Crippen molar-refractivity contribution in [3.63, 3.8) is 0 Å². The number of esters is 1. The predicted octanol–water partition coefficient (Wildman–Crippen LogP) is 2.76. The molecule has 1 heterocycles. The molecule has 6 nitrogen and oxygen atoms in total. The van der Waals surface area contributed by atoms with Crippen molar-refractivity contribution in [2.75, 3.05) is 13.7 Å². The number of ether oxygens (including phenoxy) is 2. The number of fused-ring (bicyclic) bond motifs is 1. The molecule has 0 aliphatic rings. The second-order valence-corrected chi connectivity index (χ2v) is 6.26. The summed E-state index contributed by atoms with van der Waals surface area (Å²) in [5.74, 6) is -0.239. The Morgan fingerprint density at radius 1 is 1.11 bits per heavy atom. The lowest BCUT2D eigenvalue weighted by molar-refractivity contribution is -0.145. The third-order valence-corrected chi connectivity index (χ3v) is 4.37. The van der Waals surface area contributed by atoms with E-state index in [1.54, 1.807) is 6.07 Å². The van der Waals surface area contributed by atoms with Crippen LogP contribution in [0.3, 0.4) is 0 Å². The van der Waals surface area contributed by atoms with Gasteiger partial charge in [0.05, 0.1) is 7.11 Å². The summed E-state index contributed by atoms with van der Waals surface area (Å²) in [6.07, 6.45) is 2.17. The Labute approximate surface area is 157 Å². The van der Waals surface area contributed by atoms with E-state index >= 15 is 0 Å². The number of nitrogens with one attached hydrogen (secondary N) is 2. The van der Waals surface area contributed by atoms with Crippen LogP contribution in [0.25, 0.3) is 10.9 Å². The highest BCUT2D eigenvalue weighted by atomic mass is 16.5. The fourth-order valence-electron chi connectivity index (χ4n) is 2.95. The van der Waals surface area contributed by atoms with Crippen LogP contribution in [0.2, 0.25) is 0 Å². The topological polar surface area (TPSA) is 80.4 Å². The van der Waals surface area contributed by atoms with Gasteiger partial charge in [0, 0.05) is 23.5 Å². The first-order valence-corrected chi connectivity index (χ1v) is 8.69. The number of amides is 1. The van der Waals surface area contributed by atoms with Crippen LogP contribution < -0.4 is 10.1 Å². The van der Waals surface area contributed by atoms with Crippen LogP contribution >= 0.6 is 0 Å². The smallest absolute Gasteiger partial charge is 0.328 e. The van der Waals surface area contributed by atoms with Gasteiger partial charge in [-0.15, -0.1) is 0 Å². The standard InChI is InChI=1S/C21H22N2O4/c1-14-7-3-6-10-19(14)27-13-20(24)23-18(21(25)26-2)11-15-12-22-17-9-5-4-8-16(15)17/h3-10,12,18,22H,11,13H2,1-2H3,(H,23,24)/t18-/m0/s1. The Bertz CT molecular complexity index is 948. The molecule has 140 valence electrons. The number of methoxy groups -OCH3 is 1. The fraction of sp³-hybridized carbons (Fsp3) is 0.238. The maximum atomic E-state index is 12.3. The molecule has 3 aromatic rings. The third-order valence-electron chi connectivity index (χ3n) is 4.37. The van der Waals surface area contributed by atoms with Crippen LogP contribution in [-0.2, 0) is 20.7 Å². The molecular formula is C21H22N2O4. The van der Waals surface area contributed by atoms with E-state index in [2.05, 4.69) is 10.3 Å². The lowest BCUT2D eigenvalue weighted by atomic mass is 10.0. The van der Waals surface area contributed by atoms with Crippen molar-refractivity contribution in [1.29, 1.82) is 0 Å². The van der Waals surface area contributed by atoms with Gasteiger partial charge in [-0.2, -0.15) is 0 Å². The number of hydrogen-bond acceptors (Lipinski definition) is 4. The van der Waals surface area contributed by atoms with E-state index in [-0.39, 0.29) is 12.5 Å². The average molecular weight is 366 g/mol. The number of H-pyrrole nitrogens is 1. The number of benzene rings is 2. The van der Waals surface area contributed by atoms with Crippen LogP contribution in [0.1, 0.15) is 11.1 Å². The quantitative estimate of drug-likeness (QED) is 0.630. The van der Waals surface area contributed by atoms with E-state index in [0.29, 0.717) is 12.2 Å². The Morgan fingerprint density at radius 3 is 2.63 bits per heavy atom. The first-order chi connectivity index (χ1) is 13.1. The molecule has 0 aliphatic heterocycles. The SMILES string of the molecule is COC(=O)[C@H](Cc1c[nH]c2ccccc12)NC(=O)COc1ccccc1C. The maximum absolute atomic E-state index is 12.3. The molecule has 0 unspecified atom stereocenters. The second kappa shape index (κ2) is 8.40. The number of rotatable bonds is 7. The zero-order valence-corrected chi connectivity index (χ0v) is 15.3. The molecule has 0 aliphatic carbocycles. The number of carbonyl (C=O) groups is 2. The summed E-state index contributed by atoms with van der Waals surface area (Å²) in [6, 6.07) is 14.5. The Hall–Kier alpha value is -3.28. The van der Waals surface area contributed by atoms with Crippen LogP contribution in [0.5, 0.6) is 5.75 Å². The molecular weight excluding hydrogens is 344 g/mol. The van der Waals surface area contributed by atoms with E-state index in [1.165, 1.54) is 7.11 Å². The highest BCUT2D eigenvalue weighted by Crippen LogP contribution is 2.19. The summed E-state index contributed by atoms with van der Waals surface area (Å²) in [4.78, 5) is 27.6. The third kappa shape index (κ3) is 4.47. The number of para-hydroxylation sites is 2. The van der Waals surface area contributed by atoms with E-state index in [4.69, 9.17) is 9.47 Å². The summed E-state index contributed by atoms with van der Waals surface area (Å²) in [7, 11) is 1.31. The van der Waals surface area contributed by atoms with Gasteiger partial charge in [0.25, 0.3) is 5.91 Å². The Balaban J connectivity index is 1.67. The van der Waals surface area contributed by atoms with E-state index in [0.717, 1.165) is 22.0 Å². The van der Waals surface area contributed by atoms with E-state index < -0.39 is 12.0 Å². The molecule has 0 saturated heterocycles. The molecule has 2 N–H and O–H groups in total. The molecule has 0 saturated carbocycles. The lowest BCUT2D eigenvalue weighted by Crippen LogP contribution is -2.44. The molecule has 1 aromatic heterocycles. The summed E-state index contributed by atoms with van der Waals surface area (Å²) in [6.45, 7) is 1.73. The van der Waals surface area contributed by atoms with Crippen molar-refractivity contribution in [2.45, 2.75) is 19.4 Å². The molecule has 0 radical (unpaired) electrons. The number of hydrogen-bond donors (Lipinski definition) is 2. The van der Waals surface area contributed by atoms with Gasteiger partial charge in [0.1, 0.15) is 11.8 Å². The van der Waals surface area contributed by atoms with Crippen LogP contribution in [-0.4, -0.2) is 36.6 Å². The summed E-state index contributed by atoms with van der Waals surface area (Å²) < 4.78 is 10.4. The fourth-order valence-corrected chi connectivity index (χ4v) is 2.95. The molecule has 0 fully saturated rings. The highest BCUT2D eigenvalue weighted by Gasteiger charge is 2.23. The second-order valence-electron chi connectivity index (χ2n) is 6.26. The molecule has 2 aromatic carbocycles. The molecule has 1 atom stereocenters. The molecule has 6 heteroatoms. The summed E-state index contributed by atoms with van der Waals surface area (Å²) >= 11 is 0. The van der Waals surface area contributed by atoms with Crippen molar-refractivity contribution in [3.05, 3.63) is 65.9 Å². The zero-order chi connectivity index (χ0) is 19.2. The van der Waals surface area contributed by atoms with Gasteiger partial charge in [-0.1, -0.05) is 36.4 Å². The van der Waals surface area contributed by atoms with Gasteiger partial charge in [-0.25, -0.2) is 4.79 Å². The van der Waals surface area contributed by atoms with Crippen molar-refractivity contribution in [1.82, 2.24) is 10.3 Å². The maximum Gasteiger partial charge on any atom is 0.328 e. The summed E-state index contributed by atoms with van der Waals surface area (Å²) in [5.41, 5.74) is 2.85. The highest BCUT2D eigenvalue weighted by molar-refractivity contribution is 5.87. The van der Waals surface area contributed by atoms with Gasteiger partial charge < -0.3 is 19.8 Å². The van der Waals surface area contributed by atoms with Gasteiger partial charge in [-0.3, -0.25) is 4.79 Å². The van der Waals surface area contributed by atoms with Crippen molar-refractivity contribution in [3.8, 4) is 5.75 Å². The van der Waals surface area contributed by atoms with Gasteiger partial charge in [0.2, 0.25) is 0 Å². The monoisotopic (exact) mass is 366 g/mol. The number of aryl methyl sites for hydroxylation is 1. The Morgan fingerprint density at radius 2 is 1.85 bits per heavy atom. The average Bonchev–Trinajstić information content (AvgIpc) is 3.09. The number of aromatic nitrogens is 1. The Kier molecular flexibility index (Phi) is 5.76. The van der Waals surface area contributed by atoms with Gasteiger partial charge in [-0.05, 0) is 30.2 Å². The normalized spacial score (nSPS) is 11.8. The minimum Gasteiger partial charge on any atom is -0.484 e. The molecule has 0 bridgehead atoms. The van der Waals surface area contributed by atoms with Crippen LogP contribution in [0.4, 0.5) is 0 Å². The van der Waals surface area contributed by atoms with Crippen LogP contribution in [0, 0.1) is 6.92 Å². The van der Waals surface area contributed by atoms with Gasteiger partial charge >= 0.3 is 5.97 Å². The first-order valence-electron chi connectivity index (χ1n) is 8.69.